The molecule has 0 aromatic carbocycles. The molecule has 1 aliphatic carbocycles. The van der Waals surface area contributed by atoms with Gasteiger partial charge in [-0.2, -0.15) is 0 Å². The zero-order valence-corrected chi connectivity index (χ0v) is 14.3. The number of hydrogen-bond acceptors (Lipinski definition) is 2. The zero-order chi connectivity index (χ0) is 13.2. The maximum Gasteiger partial charge on any atom is 0.188 e. The van der Waals surface area contributed by atoms with Crippen LogP contribution in [0.3, 0.4) is 0 Å². The van der Waals surface area contributed by atoms with Gasteiger partial charge in [-0.1, -0.05) is 37.8 Å². The van der Waals surface area contributed by atoms with Crippen molar-refractivity contribution in [3.05, 3.63) is 12.2 Å². The van der Waals surface area contributed by atoms with E-state index in [0.29, 0.717) is 31.8 Å². The van der Waals surface area contributed by atoms with Gasteiger partial charge in [-0.15, -0.1) is 24.0 Å². The van der Waals surface area contributed by atoms with Crippen molar-refractivity contribution in [3.8, 4) is 0 Å². The third kappa shape index (κ3) is 10.2. The van der Waals surface area contributed by atoms with E-state index in [4.69, 9.17) is 10.5 Å². The second-order valence-corrected chi connectivity index (χ2v) is 5.11. The first-order valence-electron chi connectivity index (χ1n) is 6.97. The Labute approximate surface area is 134 Å². The molecule has 0 atom stereocenters. The predicted octanol–water partition coefficient (Wildman–Crippen LogP) is 2.82. The van der Waals surface area contributed by atoms with Crippen LogP contribution in [0.1, 0.15) is 45.4 Å². The molecule has 0 bridgehead atoms. The molecule has 1 rings (SSSR count). The Morgan fingerprint density at radius 3 is 2.53 bits per heavy atom. The summed E-state index contributed by atoms with van der Waals surface area (Å²) in [6.45, 7) is 7.54. The van der Waals surface area contributed by atoms with E-state index < -0.39 is 0 Å². The highest BCUT2D eigenvalue weighted by molar-refractivity contribution is 14.0. The lowest BCUT2D eigenvalue weighted by molar-refractivity contribution is 0.164. The highest BCUT2D eigenvalue weighted by Crippen LogP contribution is 2.16. The molecule has 0 radical (unpaired) electrons. The fourth-order valence-corrected chi connectivity index (χ4v) is 2.16. The van der Waals surface area contributed by atoms with E-state index >= 15 is 0 Å². The molecule has 0 saturated heterocycles. The molecule has 3 N–H and O–H groups in total. The maximum absolute atomic E-state index is 5.86. The van der Waals surface area contributed by atoms with Crippen LogP contribution in [0.4, 0.5) is 0 Å². The minimum Gasteiger partial charge on any atom is -0.375 e. The van der Waals surface area contributed by atoms with Gasteiger partial charge in [0.2, 0.25) is 0 Å². The van der Waals surface area contributed by atoms with Crippen LogP contribution in [0.25, 0.3) is 0 Å². The normalized spacial score (nSPS) is 17.4. The van der Waals surface area contributed by atoms with Gasteiger partial charge in [0.25, 0.3) is 0 Å². The Morgan fingerprint density at radius 2 is 1.95 bits per heavy atom. The molecular weight excluding hydrogens is 353 g/mol. The van der Waals surface area contributed by atoms with E-state index in [-0.39, 0.29) is 24.0 Å². The molecule has 19 heavy (non-hydrogen) atoms. The van der Waals surface area contributed by atoms with E-state index in [1.165, 1.54) is 38.5 Å². The predicted molar refractivity (Wildman–Crippen MR) is 92.2 cm³/mol. The Kier molecular flexibility index (Phi) is 11.3. The van der Waals surface area contributed by atoms with Crippen LogP contribution in [0.2, 0.25) is 0 Å². The molecule has 0 spiro atoms. The minimum absolute atomic E-state index is 0. The monoisotopic (exact) mass is 381 g/mol. The van der Waals surface area contributed by atoms with Crippen LogP contribution >= 0.6 is 24.0 Å². The van der Waals surface area contributed by atoms with Crippen LogP contribution in [0.5, 0.6) is 0 Å². The van der Waals surface area contributed by atoms with Gasteiger partial charge in [0, 0.05) is 6.04 Å². The van der Waals surface area contributed by atoms with Gasteiger partial charge < -0.3 is 15.8 Å². The summed E-state index contributed by atoms with van der Waals surface area (Å²) in [5.41, 5.74) is 6.89. The third-order valence-corrected chi connectivity index (χ3v) is 3.07. The molecule has 0 aliphatic heterocycles. The van der Waals surface area contributed by atoms with Crippen LogP contribution in [-0.2, 0) is 4.74 Å². The van der Waals surface area contributed by atoms with Gasteiger partial charge in [-0.25, -0.2) is 0 Å². The van der Waals surface area contributed by atoms with E-state index in [0.717, 1.165) is 5.57 Å². The van der Waals surface area contributed by atoms with Crippen molar-refractivity contribution in [1.29, 1.82) is 0 Å². The van der Waals surface area contributed by atoms with E-state index in [1.807, 2.05) is 6.92 Å². The first kappa shape index (κ1) is 18.7. The second kappa shape index (κ2) is 11.5. The summed E-state index contributed by atoms with van der Waals surface area (Å²) in [5, 5.41) is 3.31. The van der Waals surface area contributed by atoms with Gasteiger partial charge in [-0.3, -0.25) is 4.99 Å². The number of ether oxygens (including phenoxy) is 1. The summed E-state index contributed by atoms with van der Waals surface area (Å²) in [5.74, 6) is 0.556. The van der Waals surface area contributed by atoms with E-state index in [9.17, 15) is 0 Å². The zero-order valence-electron chi connectivity index (χ0n) is 12.0. The standard InChI is InChI=1S/C14H27N3O.HI/c1-12(2)11-18-10-9-16-14(15)17-13-7-5-3-4-6-8-13;/h13H,1,3-11H2,2H3,(H3,15,16,17);1H. The van der Waals surface area contributed by atoms with Gasteiger partial charge in [-0.05, 0) is 19.8 Å². The number of nitrogens with zero attached hydrogens (tertiary/aromatic N) is 1. The number of aliphatic imine (C=N–C) groups is 1. The van der Waals surface area contributed by atoms with E-state index in [1.54, 1.807) is 0 Å². The maximum atomic E-state index is 5.86. The largest absolute Gasteiger partial charge is 0.375 e. The molecule has 4 nitrogen and oxygen atoms in total. The first-order chi connectivity index (χ1) is 8.68. The molecule has 5 heteroatoms. The van der Waals surface area contributed by atoms with Crippen molar-refractivity contribution < 1.29 is 4.74 Å². The molecule has 1 aliphatic rings. The molecular formula is C14H28IN3O. The first-order valence-corrected chi connectivity index (χ1v) is 6.97. The van der Waals surface area contributed by atoms with Crippen molar-refractivity contribution >= 4 is 29.9 Å². The number of rotatable bonds is 6. The number of guanidine groups is 1. The van der Waals surface area contributed by atoms with Gasteiger partial charge >= 0.3 is 0 Å². The highest BCUT2D eigenvalue weighted by atomic mass is 127. The molecule has 1 fully saturated rings. The van der Waals surface area contributed by atoms with Crippen molar-refractivity contribution in [2.24, 2.45) is 10.7 Å². The smallest absolute Gasteiger partial charge is 0.188 e. The fraction of sp³-hybridized carbons (Fsp3) is 0.786. The van der Waals surface area contributed by atoms with Gasteiger partial charge in [0.15, 0.2) is 5.96 Å². The molecule has 0 heterocycles. The Bertz CT molecular complexity index is 274. The lowest BCUT2D eigenvalue weighted by atomic mass is 10.1. The van der Waals surface area contributed by atoms with Gasteiger partial charge in [0.1, 0.15) is 0 Å². The van der Waals surface area contributed by atoms with Crippen LogP contribution in [-0.4, -0.2) is 31.8 Å². The Morgan fingerprint density at radius 1 is 1.32 bits per heavy atom. The summed E-state index contributed by atoms with van der Waals surface area (Å²) in [6, 6.07) is 0.507. The second-order valence-electron chi connectivity index (χ2n) is 5.11. The molecule has 0 aromatic rings. The number of nitrogens with two attached hydrogens (primary N) is 1. The molecule has 112 valence electrons. The molecule has 1 saturated carbocycles. The van der Waals surface area contributed by atoms with Crippen LogP contribution in [0, 0.1) is 0 Å². The van der Waals surface area contributed by atoms with Crippen molar-refractivity contribution in [3.63, 3.8) is 0 Å². The van der Waals surface area contributed by atoms with Crippen LogP contribution < -0.4 is 11.1 Å². The summed E-state index contributed by atoms with van der Waals surface area (Å²) >= 11 is 0. The molecule has 0 amide bonds. The lowest BCUT2D eigenvalue weighted by Gasteiger charge is -2.16. The lowest BCUT2D eigenvalue weighted by Crippen LogP contribution is -2.40. The van der Waals surface area contributed by atoms with Crippen molar-refractivity contribution in [1.82, 2.24) is 5.32 Å². The topological polar surface area (TPSA) is 59.6 Å². The number of nitrogens with one attached hydrogen (secondary N) is 1. The third-order valence-electron chi connectivity index (χ3n) is 3.07. The van der Waals surface area contributed by atoms with Crippen molar-refractivity contribution in [2.45, 2.75) is 51.5 Å². The number of hydrogen-bond donors (Lipinski definition) is 2. The summed E-state index contributed by atoms with van der Waals surface area (Å²) in [7, 11) is 0. The minimum atomic E-state index is 0. The van der Waals surface area contributed by atoms with Crippen molar-refractivity contribution in [2.75, 3.05) is 19.8 Å². The Hall–Kier alpha value is -0.300. The number of halogens is 1. The van der Waals surface area contributed by atoms with Crippen LogP contribution in [0.15, 0.2) is 17.1 Å². The molecule has 0 unspecified atom stereocenters. The quantitative estimate of drug-likeness (QED) is 0.186. The van der Waals surface area contributed by atoms with E-state index in [2.05, 4.69) is 16.9 Å². The average molecular weight is 381 g/mol. The fourth-order valence-electron chi connectivity index (χ4n) is 2.16. The summed E-state index contributed by atoms with van der Waals surface area (Å²) in [6.07, 6.45) is 7.72. The average Bonchev–Trinajstić information content (AvgIpc) is 2.56. The summed E-state index contributed by atoms with van der Waals surface area (Å²) in [4.78, 5) is 4.27. The van der Waals surface area contributed by atoms with Gasteiger partial charge in [0.05, 0.1) is 19.8 Å². The SMILES string of the molecule is C=C(C)COCCN=C(N)NC1CCCCCC1.I. The Balaban J connectivity index is 0.00000324. The molecule has 0 aromatic heterocycles. The highest BCUT2D eigenvalue weighted by Gasteiger charge is 2.11. The summed E-state index contributed by atoms with van der Waals surface area (Å²) < 4.78 is 5.37.